The highest BCUT2D eigenvalue weighted by atomic mass is 79.9. The van der Waals surface area contributed by atoms with Gasteiger partial charge in [0.1, 0.15) is 0 Å². The first-order valence-corrected chi connectivity index (χ1v) is 7.33. The van der Waals surface area contributed by atoms with Gasteiger partial charge in [-0.15, -0.1) is 11.3 Å². The molecule has 3 N–H and O–H groups in total. The van der Waals surface area contributed by atoms with E-state index in [1.54, 1.807) is 23.5 Å². The number of nitrogens with one attached hydrogen (secondary N) is 1. The fourth-order valence-corrected chi connectivity index (χ4v) is 3.33. The zero-order valence-corrected chi connectivity index (χ0v) is 12.7. The topological polar surface area (TPSA) is 47.3 Å². The van der Waals surface area contributed by atoms with E-state index in [2.05, 4.69) is 27.4 Å². The van der Waals surface area contributed by atoms with Crippen molar-refractivity contribution in [2.24, 2.45) is 5.84 Å². The summed E-state index contributed by atoms with van der Waals surface area (Å²) in [7, 11) is 1.45. The van der Waals surface area contributed by atoms with Crippen LogP contribution in [0.25, 0.3) is 0 Å². The standard InChI is InChI=1S/C13H14BrFN2OS/c1-18-13-4-8(2-3-11(13)15)12(17-16)6-10-5-9(14)7-19-10/h2-5,7,12,17H,6,16H2,1H3. The maximum Gasteiger partial charge on any atom is 0.165 e. The van der Waals surface area contributed by atoms with E-state index in [1.165, 1.54) is 18.1 Å². The highest BCUT2D eigenvalue weighted by Gasteiger charge is 2.14. The summed E-state index contributed by atoms with van der Waals surface area (Å²) in [6.07, 6.45) is 0.738. The number of ether oxygens (including phenoxy) is 1. The van der Waals surface area contributed by atoms with E-state index >= 15 is 0 Å². The number of halogens is 2. The minimum absolute atomic E-state index is 0.0833. The monoisotopic (exact) mass is 344 g/mol. The van der Waals surface area contributed by atoms with Gasteiger partial charge >= 0.3 is 0 Å². The molecule has 0 saturated carbocycles. The quantitative estimate of drug-likeness (QED) is 0.645. The fraction of sp³-hybridized carbons (Fsp3) is 0.231. The molecule has 0 radical (unpaired) electrons. The highest BCUT2D eigenvalue weighted by Crippen LogP contribution is 2.27. The Morgan fingerprint density at radius 3 is 2.84 bits per heavy atom. The third kappa shape index (κ3) is 3.54. The number of hydrogen-bond acceptors (Lipinski definition) is 4. The Morgan fingerprint density at radius 1 is 1.47 bits per heavy atom. The molecule has 0 aliphatic rings. The van der Waals surface area contributed by atoms with Gasteiger partial charge < -0.3 is 4.74 Å². The smallest absolute Gasteiger partial charge is 0.165 e. The van der Waals surface area contributed by atoms with Crippen molar-refractivity contribution in [3.8, 4) is 5.75 Å². The molecule has 0 fully saturated rings. The number of methoxy groups -OCH3 is 1. The zero-order chi connectivity index (χ0) is 13.8. The predicted molar refractivity (Wildman–Crippen MR) is 78.7 cm³/mol. The first-order chi connectivity index (χ1) is 9.13. The van der Waals surface area contributed by atoms with Gasteiger partial charge in [-0.3, -0.25) is 11.3 Å². The van der Waals surface area contributed by atoms with Crippen LogP contribution in [0.2, 0.25) is 0 Å². The average Bonchev–Trinajstić information content (AvgIpc) is 2.82. The van der Waals surface area contributed by atoms with Crippen LogP contribution in [0.4, 0.5) is 4.39 Å². The van der Waals surface area contributed by atoms with E-state index in [1.807, 2.05) is 5.38 Å². The third-order valence-electron chi connectivity index (χ3n) is 2.81. The van der Waals surface area contributed by atoms with E-state index in [9.17, 15) is 4.39 Å². The number of benzene rings is 1. The third-order valence-corrected chi connectivity index (χ3v) is 4.53. The van der Waals surface area contributed by atoms with Crippen molar-refractivity contribution in [1.82, 2.24) is 5.43 Å². The summed E-state index contributed by atoms with van der Waals surface area (Å²) in [5, 5.41) is 2.02. The lowest BCUT2D eigenvalue weighted by Gasteiger charge is -2.16. The van der Waals surface area contributed by atoms with Crippen molar-refractivity contribution in [2.75, 3.05) is 7.11 Å². The van der Waals surface area contributed by atoms with Crippen molar-refractivity contribution in [3.63, 3.8) is 0 Å². The van der Waals surface area contributed by atoms with Crippen molar-refractivity contribution in [1.29, 1.82) is 0 Å². The Morgan fingerprint density at radius 2 is 2.26 bits per heavy atom. The molecule has 1 atom stereocenters. The summed E-state index contributed by atoms with van der Waals surface area (Å²) in [6.45, 7) is 0. The molecule has 102 valence electrons. The second-order valence-electron chi connectivity index (χ2n) is 4.05. The Bertz CT molecular complexity index is 561. The molecule has 0 bridgehead atoms. The van der Waals surface area contributed by atoms with Crippen LogP contribution >= 0.6 is 27.3 Å². The van der Waals surface area contributed by atoms with Gasteiger partial charge in [-0.2, -0.15) is 0 Å². The second kappa shape index (κ2) is 6.47. The van der Waals surface area contributed by atoms with Gasteiger partial charge in [0.05, 0.1) is 13.2 Å². The van der Waals surface area contributed by atoms with Gasteiger partial charge in [0, 0.05) is 21.2 Å². The van der Waals surface area contributed by atoms with Crippen LogP contribution < -0.4 is 16.0 Å². The summed E-state index contributed by atoms with van der Waals surface area (Å²) in [4.78, 5) is 1.19. The molecule has 0 saturated heterocycles. The molecule has 0 aliphatic heterocycles. The molecule has 3 nitrogen and oxygen atoms in total. The minimum atomic E-state index is -0.374. The lowest BCUT2D eigenvalue weighted by atomic mass is 10.0. The molecule has 2 aromatic rings. The molecule has 1 unspecified atom stereocenters. The molecule has 0 amide bonds. The van der Waals surface area contributed by atoms with E-state index in [0.29, 0.717) is 0 Å². The Kier molecular flexibility index (Phi) is 4.93. The number of nitrogens with two attached hydrogens (primary N) is 1. The maximum absolute atomic E-state index is 13.4. The fourth-order valence-electron chi connectivity index (χ4n) is 1.83. The largest absolute Gasteiger partial charge is 0.494 e. The van der Waals surface area contributed by atoms with Crippen LogP contribution in [-0.4, -0.2) is 7.11 Å². The lowest BCUT2D eigenvalue weighted by molar-refractivity contribution is 0.384. The number of hydrazine groups is 1. The van der Waals surface area contributed by atoms with Gasteiger partial charge in [-0.1, -0.05) is 6.07 Å². The highest BCUT2D eigenvalue weighted by molar-refractivity contribution is 9.10. The molecule has 2 rings (SSSR count). The lowest BCUT2D eigenvalue weighted by Crippen LogP contribution is -2.29. The molecule has 19 heavy (non-hydrogen) atoms. The maximum atomic E-state index is 13.4. The van der Waals surface area contributed by atoms with Crippen LogP contribution in [0.3, 0.4) is 0 Å². The predicted octanol–water partition coefficient (Wildman–Crippen LogP) is 3.41. The molecule has 0 spiro atoms. The normalized spacial score (nSPS) is 12.4. The molecule has 1 aromatic heterocycles. The molecular formula is C13H14BrFN2OS. The van der Waals surface area contributed by atoms with Gasteiger partial charge in [0.2, 0.25) is 0 Å². The minimum Gasteiger partial charge on any atom is -0.494 e. The zero-order valence-electron chi connectivity index (χ0n) is 10.3. The average molecular weight is 345 g/mol. The summed E-state index contributed by atoms with van der Waals surface area (Å²) in [5.41, 5.74) is 3.65. The first-order valence-electron chi connectivity index (χ1n) is 5.66. The van der Waals surface area contributed by atoms with Gasteiger partial charge in [0.15, 0.2) is 11.6 Å². The van der Waals surface area contributed by atoms with Crippen LogP contribution in [0.1, 0.15) is 16.5 Å². The van der Waals surface area contributed by atoms with Crippen LogP contribution in [-0.2, 0) is 6.42 Å². The number of rotatable bonds is 5. The van der Waals surface area contributed by atoms with E-state index < -0.39 is 0 Å². The van der Waals surface area contributed by atoms with Crippen LogP contribution in [0.5, 0.6) is 5.75 Å². The van der Waals surface area contributed by atoms with Gasteiger partial charge in [-0.05, 0) is 39.7 Å². The van der Waals surface area contributed by atoms with Crippen LogP contribution in [0, 0.1) is 5.82 Å². The molecule has 6 heteroatoms. The summed E-state index contributed by atoms with van der Waals surface area (Å²) < 4.78 is 19.4. The Hall–Kier alpha value is -0.950. The molecule has 0 aliphatic carbocycles. The summed E-state index contributed by atoms with van der Waals surface area (Å²) in [5.74, 6) is 5.45. The van der Waals surface area contributed by atoms with Crippen molar-refractivity contribution < 1.29 is 9.13 Å². The Balaban J connectivity index is 2.21. The number of hydrogen-bond donors (Lipinski definition) is 2. The summed E-state index contributed by atoms with van der Waals surface area (Å²) in [6, 6.07) is 6.74. The van der Waals surface area contributed by atoms with Gasteiger partial charge in [-0.25, -0.2) is 4.39 Å². The number of thiophene rings is 1. The molecule has 1 aromatic carbocycles. The van der Waals surface area contributed by atoms with E-state index in [0.717, 1.165) is 16.5 Å². The summed E-state index contributed by atoms with van der Waals surface area (Å²) >= 11 is 5.08. The molecule has 1 heterocycles. The van der Waals surface area contributed by atoms with Gasteiger partial charge in [0.25, 0.3) is 0 Å². The molecular weight excluding hydrogens is 331 g/mol. The van der Waals surface area contributed by atoms with Crippen molar-refractivity contribution in [3.05, 3.63) is 50.4 Å². The van der Waals surface area contributed by atoms with E-state index in [4.69, 9.17) is 10.6 Å². The van der Waals surface area contributed by atoms with Crippen molar-refractivity contribution in [2.45, 2.75) is 12.5 Å². The van der Waals surface area contributed by atoms with E-state index in [-0.39, 0.29) is 17.6 Å². The SMILES string of the molecule is COc1cc(C(Cc2cc(Br)cs2)NN)ccc1F. The second-order valence-corrected chi connectivity index (χ2v) is 5.96. The Labute approximate surface area is 123 Å². The first kappa shape index (κ1) is 14.5. The van der Waals surface area contributed by atoms with Crippen LogP contribution in [0.15, 0.2) is 34.1 Å². The van der Waals surface area contributed by atoms with Crippen molar-refractivity contribution >= 4 is 27.3 Å².